The van der Waals surface area contributed by atoms with E-state index in [0.29, 0.717) is 12.1 Å². The van der Waals surface area contributed by atoms with Crippen LogP contribution in [-0.2, 0) is 15.1 Å². The zero-order valence-electron chi connectivity index (χ0n) is 12.8. The van der Waals surface area contributed by atoms with Gasteiger partial charge in [0.1, 0.15) is 5.60 Å². The maximum atomic E-state index is 12.4. The quantitative estimate of drug-likeness (QED) is 0.565. The van der Waals surface area contributed by atoms with Crippen LogP contribution in [-0.4, -0.2) is 18.7 Å². The summed E-state index contributed by atoms with van der Waals surface area (Å²) in [7, 11) is 0. The zero-order chi connectivity index (χ0) is 18.8. The van der Waals surface area contributed by atoms with Crippen LogP contribution >= 0.6 is 0 Å². The molecule has 0 aliphatic heterocycles. The maximum absolute atomic E-state index is 12.4. The fraction of sp³-hybridized carbons (Fsp3) is 0.500. The maximum Gasteiger partial charge on any atom is 0.573 e. The minimum absolute atomic E-state index is 0.0222. The number of esters is 1. The molecular formula is C14H14F6O4. The lowest BCUT2D eigenvalue weighted by Crippen LogP contribution is -2.28. The summed E-state index contributed by atoms with van der Waals surface area (Å²) in [6.07, 6.45) is -10.3. The molecule has 10 heteroatoms. The van der Waals surface area contributed by atoms with Gasteiger partial charge >= 0.3 is 18.7 Å². The van der Waals surface area contributed by atoms with E-state index < -0.39 is 35.8 Å². The van der Waals surface area contributed by atoms with E-state index in [1.165, 1.54) is 6.92 Å². The molecule has 0 heterocycles. The Morgan fingerprint density at radius 3 is 1.92 bits per heavy atom. The van der Waals surface area contributed by atoms with Gasteiger partial charge < -0.3 is 14.2 Å². The second kappa shape index (κ2) is 6.78. The summed E-state index contributed by atoms with van der Waals surface area (Å²) < 4.78 is 86.4. The first-order valence-corrected chi connectivity index (χ1v) is 6.61. The average Bonchev–Trinajstić information content (AvgIpc) is 2.36. The molecule has 0 saturated heterocycles. The monoisotopic (exact) mass is 360 g/mol. The molecular weight excluding hydrogens is 346 g/mol. The van der Waals surface area contributed by atoms with Gasteiger partial charge in [-0.3, -0.25) is 4.79 Å². The molecule has 0 radical (unpaired) electrons. The molecule has 1 atom stereocenters. The highest BCUT2D eigenvalue weighted by Crippen LogP contribution is 2.40. The van der Waals surface area contributed by atoms with Crippen LogP contribution in [0.25, 0.3) is 0 Å². The third-order valence-electron chi connectivity index (χ3n) is 3.05. The van der Waals surface area contributed by atoms with Crippen LogP contribution in [0.1, 0.15) is 32.8 Å². The summed E-state index contributed by atoms with van der Waals surface area (Å²) >= 11 is 0. The minimum Gasteiger partial charge on any atom is -0.455 e. The fourth-order valence-corrected chi connectivity index (χ4v) is 1.90. The molecule has 136 valence electrons. The second-order valence-corrected chi connectivity index (χ2v) is 4.94. The summed E-state index contributed by atoms with van der Waals surface area (Å²) in [6, 6.07) is 2.43. The van der Waals surface area contributed by atoms with Gasteiger partial charge in [-0.1, -0.05) is 13.0 Å². The van der Waals surface area contributed by atoms with E-state index in [9.17, 15) is 31.1 Å². The standard InChI is InChI=1S/C14H14F6O4/c1-4-12(3,22-8(2)21)9-5-6-10(23-13(15,16)17)11(7-9)24-14(18,19)20/h5-7H,4H2,1-3H3. The molecule has 1 unspecified atom stereocenters. The number of alkyl halides is 6. The summed E-state index contributed by atoms with van der Waals surface area (Å²) in [4.78, 5) is 11.2. The highest BCUT2D eigenvalue weighted by atomic mass is 19.4. The number of hydrogen-bond donors (Lipinski definition) is 0. The molecule has 1 aromatic rings. The topological polar surface area (TPSA) is 44.8 Å². The number of hydrogen-bond acceptors (Lipinski definition) is 4. The van der Waals surface area contributed by atoms with Gasteiger partial charge in [-0.25, -0.2) is 0 Å². The number of carbonyl (C=O) groups excluding carboxylic acids is 1. The van der Waals surface area contributed by atoms with E-state index in [4.69, 9.17) is 4.74 Å². The molecule has 0 spiro atoms. The van der Waals surface area contributed by atoms with E-state index in [-0.39, 0.29) is 12.0 Å². The van der Waals surface area contributed by atoms with Crippen LogP contribution in [0.3, 0.4) is 0 Å². The predicted molar refractivity (Wildman–Crippen MR) is 69.2 cm³/mol. The number of carbonyl (C=O) groups is 1. The summed E-state index contributed by atoms with van der Waals surface area (Å²) in [6.45, 7) is 4.10. The van der Waals surface area contributed by atoms with Crippen LogP contribution in [0.15, 0.2) is 18.2 Å². The summed E-state index contributed by atoms with van der Waals surface area (Å²) in [5, 5.41) is 0. The van der Waals surface area contributed by atoms with Crippen LogP contribution in [0.2, 0.25) is 0 Å². The SMILES string of the molecule is CCC(C)(OC(C)=O)c1ccc(OC(F)(F)F)c(OC(F)(F)F)c1. The second-order valence-electron chi connectivity index (χ2n) is 4.94. The first-order chi connectivity index (χ1) is 10.8. The highest BCUT2D eigenvalue weighted by molar-refractivity contribution is 5.67. The molecule has 0 amide bonds. The predicted octanol–water partition coefficient (Wildman–Crippen LogP) is 4.67. The Kier molecular flexibility index (Phi) is 5.62. The van der Waals surface area contributed by atoms with Crippen LogP contribution < -0.4 is 9.47 Å². The zero-order valence-corrected chi connectivity index (χ0v) is 12.8. The molecule has 24 heavy (non-hydrogen) atoms. The molecule has 0 fully saturated rings. The average molecular weight is 360 g/mol. The van der Waals surface area contributed by atoms with Crippen molar-refractivity contribution in [3.8, 4) is 11.5 Å². The Morgan fingerprint density at radius 2 is 1.50 bits per heavy atom. The minimum atomic E-state index is -5.23. The normalized spacial score (nSPS) is 14.7. The molecule has 0 aromatic heterocycles. The molecule has 0 aliphatic rings. The van der Waals surface area contributed by atoms with Gasteiger partial charge in [0.15, 0.2) is 11.5 Å². The van der Waals surface area contributed by atoms with Crippen molar-refractivity contribution in [2.45, 2.75) is 45.5 Å². The van der Waals surface area contributed by atoms with Crippen LogP contribution in [0, 0.1) is 0 Å². The number of benzene rings is 1. The summed E-state index contributed by atoms with van der Waals surface area (Å²) in [5.74, 6) is -3.05. The molecule has 0 bridgehead atoms. The van der Waals surface area contributed by atoms with Gasteiger partial charge in [0.05, 0.1) is 0 Å². The van der Waals surface area contributed by atoms with Crippen molar-refractivity contribution >= 4 is 5.97 Å². The molecule has 4 nitrogen and oxygen atoms in total. The van der Waals surface area contributed by atoms with E-state index in [1.54, 1.807) is 6.92 Å². The van der Waals surface area contributed by atoms with Crippen LogP contribution in [0.5, 0.6) is 11.5 Å². The Balaban J connectivity index is 3.35. The lowest BCUT2D eigenvalue weighted by Gasteiger charge is -2.29. The first-order valence-electron chi connectivity index (χ1n) is 6.61. The Hall–Kier alpha value is -2.13. The van der Waals surface area contributed by atoms with Crippen molar-refractivity contribution in [2.75, 3.05) is 0 Å². The van der Waals surface area contributed by atoms with Gasteiger partial charge in [0.2, 0.25) is 0 Å². The van der Waals surface area contributed by atoms with E-state index in [2.05, 4.69) is 9.47 Å². The molecule has 1 aromatic carbocycles. The molecule has 1 rings (SSSR count). The lowest BCUT2D eigenvalue weighted by molar-refractivity contribution is -0.287. The largest absolute Gasteiger partial charge is 0.573 e. The van der Waals surface area contributed by atoms with E-state index in [0.717, 1.165) is 13.0 Å². The lowest BCUT2D eigenvalue weighted by atomic mass is 9.92. The Morgan fingerprint density at radius 1 is 1.00 bits per heavy atom. The van der Waals surface area contributed by atoms with Gasteiger partial charge in [-0.15, -0.1) is 26.3 Å². The van der Waals surface area contributed by atoms with E-state index >= 15 is 0 Å². The Bertz CT molecular complexity index is 596. The van der Waals surface area contributed by atoms with Crippen molar-refractivity contribution in [1.29, 1.82) is 0 Å². The third kappa shape index (κ3) is 5.82. The fourth-order valence-electron chi connectivity index (χ4n) is 1.90. The van der Waals surface area contributed by atoms with Crippen molar-refractivity contribution in [1.82, 2.24) is 0 Å². The highest BCUT2D eigenvalue weighted by Gasteiger charge is 2.38. The van der Waals surface area contributed by atoms with Gasteiger partial charge in [-0.05, 0) is 31.0 Å². The number of ether oxygens (including phenoxy) is 3. The number of halogens is 6. The van der Waals surface area contributed by atoms with Crippen LogP contribution in [0.4, 0.5) is 26.3 Å². The molecule has 0 aliphatic carbocycles. The van der Waals surface area contributed by atoms with Gasteiger partial charge in [0.25, 0.3) is 0 Å². The van der Waals surface area contributed by atoms with Crippen molar-refractivity contribution in [3.05, 3.63) is 23.8 Å². The van der Waals surface area contributed by atoms with Crippen molar-refractivity contribution < 1.29 is 45.3 Å². The first kappa shape index (κ1) is 19.9. The molecule has 0 saturated carbocycles. The van der Waals surface area contributed by atoms with Gasteiger partial charge in [0, 0.05) is 6.92 Å². The third-order valence-corrected chi connectivity index (χ3v) is 3.05. The summed E-state index contributed by atoms with van der Waals surface area (Å²) in [5.41, 5.74) is -1.32. The van der Waals surface area contributed by atoms with Crippen molar-refractivity contribution in [3.63, 3.8) is 0 Å². The van der Waals surface area contributed by atoms with Gasteiger partial charge in [-0.2, -0.15) is 0 Å². The molecule has 0 N–H and O–H groups in total. The van der Waals surface area contributed by atoms with E-state index in [1.807, 2.05) is 0 Å². The van der Waals surface area contributed by atoms with Crippen molar-refractivity contribution in [2.24, 2.45) is 0 Å². The Labute approximate surface area is 133 Å². The number of rotatable bonds is 5. The smallest absolute Gasteiger partial charge is 0.455 e.